The highest BCUT2D eigenvalue weighted by Crippen LogP contribution is 2.34. The van der Waals surface area contributed by atoms with Crippen LogP contribution < -0.4 is 5.32 Å². The minimum Gasteiger partial charge on any atom is -0.384 e. The first kappa shape index (κ1) is 22.2. The molecule has 0 spiro atoms. The van der Waals surface area contributed by atoms with E-state index in [1.54, 1.807) is 7.11 Å². The summed E-state index contributed by atoms with van der Waals surface area (Å²) in [4.78, 5) is 9.66. The van der Waals surface area contributed by atoms with Crippen molar-refractivity contribution in [2.75, 3.05) is 66.7 Å². The predicted molar refractivity (Wildman–Crippen MR) is 117 cm³/mol. The first-order chi connectivity index (χ1) is 12.3. The molecule has 1 saturated carbocycles. The molecule has 0 amide bonds. The van der Waals surface area contributed by atoms with Crippen LogP contribution in [0.25, 0.3) is 0 Å². The largest absolute Gasteiger partial charge is 0.384 e. The zero-order chi connectivity index (χ0) is 17.5. The molecule has 3 rings (SSSR count). The van der Waals surface area contributed by atoms with Crippen LogP contribution in [0.15, 0.2) is 4.99 Å². The Bertz CT molecular complexity index is 437. The molecule has 0 radical (unpaired) electrons. The summed E-state index contributed by atoms with van der Waals surface area (Å²) >= 11 is 0. The highest BCUT2D eigenvalue weighted by atomic mass is 127. The fourth-order valence-corrected chi connectivity index (χ4v) is 4.83. The molecule has 0 aromatic heterocycles. The van der Waals surface area contributed by atoms with Crippen molar-refractivity contribution in [1.82, 2.24) is 15.1 Å². The third kappa shape index (κ3) is 5.45. The molecule has 3 fully saturated rings. The summed E-state index contributed by atoms with van der Waals surface area (Å²) in [5.74, 6) is 1.70. The van der Waals surface area contributed by atoms with Gasteiger partial charge in [-0.05, 0) is 19.3 Å². The maximum Gasteiger partial charge on any atom is 0.193 e. The highest BCUT2D eigenvalue weighted by molar-refractivity contribution is 14.0. The van der Waals surface area contributed by atoms with Crippen molar-refractivity contribution < 1.29 is 9.47 Å². The van der Waals surface area contributed by atoms with Crippen molar-refractivity contribution in [2.45, 2.75) is 44.1 Å². The standard InChI is InChI=1S/C19H36N4O2.HI/c1-20-18(22-9-6-17(14-22)15-24-2)21-16-19(7-4-3-5-8-19)23-10-12-25-13-11-23;/h17H,3-16H2,1-2H3,(H,20,21);1H. The number of hydrogen-bond donors (Lipinski definition) is 1. The number of nitrogens with one attached hydrogen (secondary N) is 1. The van der Waals surface area contributed by atoms with E-state index in [9.17, 15) is 0 Å². The quantitative estimate of drug-likeness (QED) is 0.372. The van der Waals surface area contributed by atoms with Gasteiger partial charge in [-0.25, -0.2) is 0 Å². The number of guanidine groups is 1. The SMILES string of the molecule is CN=C(NCC1(N2CCOCC2)CCCCC1)N1CCC(COC)C1.I. The van der Waals surface area contributed by atoms with Gasteiger partial charge in [0.1, 0.15) is 0 Å². The second-order valence-electron chi connectivity index (χ2n) is 7.84. The molecular formula is C19H37IN4O2. The summed E-state index contributed by atoms with van der Waals surface area (Å²) in [6.07, 6.45) is 7.86. The van der Waals surface area contributed by atoms with E-state index in [2.05, 4.69) is 20.1 Å². The van der Waals surface area contributed by atoms with Crippen LogP contribution in [0.5, 0.6) is 0 Å². The fourth-order valence-electron chi connectivity index (χ4n) is 4.83. The van der Waals surface area contributed by atoms with Gasteiger partial charge >= 0.3 is 0 Å². The minimum absolute atomic E-state index is 0. The fraction of sp³-hybridized carbons (Fsp3) is 0.947. The number of methoxy groups -OCH3 is 1. The number of hydrogen-bond acceptors (Lipinski definition) is 4. The van der Waals surface area contributed by atoms with Gasteiger partial charge in [0, 0.05) is 58.3 Å². The number of ether oxygens (including phenoxy) is 2. The lowest BCUT2D eigenvalue weighted by Crippen LogP contribution is -2.60. The second-order valence-corrected chi connectivity index (χ2v) is 7.84. The van der Waals surface area contributed by atoms with Gasteiger partial charge in [-0.1, -0.05) is 19.3 Å². The number of rotatable bonds is 5. The predicted octanol–water partition coefficient (Wildman–Crippen LogP) is 2.18. The molecule has 1 unspecified atom stereocenters. The van der Waals surface area contributed by atoms with Crippen molar-refractivity contribution in [3.05, 3.63) is 0 Å². The number of nitrogens with zero attached hydrogens (tertiary/aromatic N) is 3. The molecule has 2 saturated heterocycles. The van der Waals surface area contributed by atoms with Gasteiger partial charge in [-0.2, -0.15) is 0 Å². The van der Waals surface area contributed by atoms with Gasteiger partial charge in [-0.3, -0.25) is 9.89 Å². The van der Waals surface area contributed by atoms with Crippen molar-refractivity contribution in [1.29, 1.82) is 0 Å². The molecule has 152 valence electrons. The van der Waals surface area contributed by atoms with Gasteiger partial charge in [0.25, 0.3) is 0 Å². The van der Waals surface area contributed by atoms with Crippen molar-refractivity contribution in [3.63, 3.8) is 0 Å². The Kier molecular flexibility index (Phi) is 9.40. The maximum atomic E-state index is 5.59. The molecule has 1 aliphatic carbocycles. The molecular weight excluding hydrogens is 443 g/mol. The Morgan fingerprint density at radius 1 is 1.19 bits per heavy atom. The third-order valence-corrected chi connectivity index (χ3v) is 6.24. The molecule has 3 aliphatic rings. The van der Waals surface area contributed by atoms with E-state index in [-0.39, 0.29) is 29.5 Å². The van der Waals surface area contributed by atoms with Crippen molar-refractivity contribution >= 4 is 29.9 Å². The lowest BCUT2D eigenvalue weighted by molar-refractivity contribution is -0.0354. The lowest BCUT2D eigenvalue weighted by atomic mass is 9.80. The van der Waals surface area contributed by atoms with Crippen molar-refractivity contribution in [2.24, 2.45) is 10.9 Å². The lowest BCUT2D eigenvalue weighted by Gasteiger charge is -2.48. The van der Waals surface area contributed by atoms with Gasteiger partial charge in [0.2, 0.25) is 0 Å². The topological polar surface area (TPSA) is 49.3 Å². The second kappa shape index (κ2) is 11.0. The van der Waals surface area contributed by atoms with E-state index in [4.69, 9.17) is 9.47 Å². The first-order valence-electron chi connectivity index (χ1n) is 10.0. The summed E-state index contributed by atoms with van der Waals surface area (Å²) in [5, 5.41) is 3.73. The van der Waals surface area contributed by atoms with Crippen LogP contribution in [0, 0.1) is 5.92 Å². The number of likely N-dealkylation sites (tertiary alicyclic amines) is 1. The summed E-state index contributed by atoms with van der Waals surface area (Å²) < 4.78 is 10.9. The van der Waals surface area contributed by atoms with Crippen LogP contribution in [0.2, 0.25) is 0 Å². The molecule has 7 heteroatoms. The number of aliphatic imine (C=N–C) groups is 1. The smallest absolute Gasteiger partial charge is 0.193 e. The molecule has 2 heterocycles. The maximum absolute atomic E-state index is 5.59. The van der Waals surface area contributed by atoms with Crippen LogP contribution in [-0.4, -0.2) is 88.0 Å². The average molecular weight is 480 g/mol. The zero-order valence-electron chi connectivity index (χ0n) is 16.5. The summed E-state index contributed by atoms with van der Waals surface area (Å²) in [7, 11) is 3.71. The summed E-state index contributed by atoms with van der Waals surface area (Å²) in [5.41, 5.74) is 0.281. The van der Waals surface area contributed by atoms with Gasteiger partial charge in [0.15, 0.2) is 5.96 Å². The number of morpholine rings is 1. The van der Waals surface area contributed by atoms with Crippen LogP contribution in [-0.2, 0) is 9.47 Å². The molecule has 26 heavy (non-hydrogen) atoms. The van der Waals surface area contributed by atoms with Gasteiger partial charge in [0.05, 0.1) is 19.8 Å². The molecule has 6 nitrogen and oxygen atoms in total. The average Bonchev–Trinajstić information content (AvgIpc) is 3.12. The Labute approximate surface area is 176 Å². The van der Waals surface area contributed by atoms with E-state index in [0.717, 1.165) is 58.5 Å². The molecule has 1 atom stereocenters. The van der Waals surface area contributed by atoms with Crippen LogP contribution in [0.4, 0.5) is 0 Å². The molecule has 0 aromatic carbocycles. The van der Waals surface area contributed by atoms with E-state index in [0.29, 0.717) is 5.92 Å². The normalized spacial score (nSPS) is 27.2. The van der Waals surface area contributed by atoms with Gasteiger partial charge in [-0.15, -0.1) is 24.0 Å². The first-order valence-corrected chi connectivity index (χ1v) is 10.0. The van der Waals surface area contributed by atoms with Crippen LogP contribution in [0.3, 0.4) is 0 Å². The summed E-state index contributed by atoms with van der Waals surface area (Å²) in [6.45, 7) is 7.88. The van der Waals surface area contributed by atoms with E-state index < -0.39 is 0 Å². The zero-order valence-corrected chi connectivity index (χ0v) is 18.9. The van der Waals surface area contributed by atoms with Crippen LogP contribution in [0.1, 0.15) is 38.5 Å². The number of halogens is 1. The molecule has 2 aliphatic heterocycles. The monoisotopic (exact) mass is 480 g/mol. The minimum atomic E-state index is 0. The molecule has 0 bridgehead atoms. The highest BCUT2D eigenvalue weighted by Gasteiger charge is 2.39. The Hall–Kier alpha value is -0.120. The van der Waals surface area contributed by atoms with E-state index >= 15 is 0 Å². The summed E-state index contributed by atoms with van der Waals surface area (Å²) in [6, 6.07) is 0. The molecule has 0 aromatic rings. The van der Waals surface area contributed by atoms with E-state index in [1.807, 2.05) is 7.05 Å². The Balaban J connectivity index is 0.00000243. The van der Waals surface area contributed by atoms with Crippen LogP contribution >= 0.6 is 24.0 Å². The third-order valence-electron chi connectivity index (χ3n) is 6.24. The Morgan fingerprint density at radius 2 is 1.92 bits per heavy atom. The van der Waals surface area contributed by atoms with Gasteiger partial charge < -0.3 is 19.7 Å². The van der Waals surface area contributed by atoms with Crippen molar-refractivity contribution in [3.8, 4) is 0 Å². The molecule has 1 N–H and O–H groups in total. The Morgan fingerprint density at radius 3 is 2.58 bits per heavy atom. The van der Waals surface area contributed by atoms with E-state index in [1.165, 1.54) is 38.5 Å².